The topological polar surface area (TPSA) is 75.2 Å². The number of pyridine rings is 1. The summed E-state index contributed by atoms with van der Waals surface area (Å²) in [5.74, 6) is -0.270. The van der Waals surface area contributed by atoms with Gasteiger partial charge in [-0.2, -0.15) is 0 Å². The van der Waals surface area contributed by atoms with Crippen LogP contribution in [-0.2, 0) is 6.61 Å². The van der Waals surface area contributed by atoms with E-state index in [1.165, 1.54) is 0 Å². The molecule has 0 atom stereocenters. The monoisotopic (exact) mass is 268 g/mol. The Kier molecular flexibility index (Phi) is 3.09. The van der Waals surface area contributed by atoms with Gasteiger partial charge in [-0.1, -0.05) is 12.1 Å². The van der Waals surface area contributed by atoms with Crippen molar-refractivity contribution in [3.63, 3.8) is 0 Å². The van der Waals surface area contributed by atoms with Crippen LogP contribution < -0.4 is 4.74 Å². The van der Waals surface area contributed by atoms with Gasteiger partial charge in [0.1, 0.15) is 12.4 Å². The van der Waals surface area contributed by atoms with E-state index in [1.54, 1.807) is 36.8 Å². The molecule has 2 heterocycles. The van der Waals surface area contributed by atoms with Gasteiger partial charge < -0.3 is 14.8 Å². The fraction of sp³-hybridized carbons (Fsp3) is 0.0667. The Morgan fingerprint density at radius 1 is 1.30 bits per heavy atom. The zero-order valence-electron chi connectivity index (χ0n) is 10.5. The molecule has 5 nitrogen and oxygen atoms in total. The Labute approximate surface area is 114 Å². The number of hydrogen-bond donors (Lipinski definition) is 2. The van der Waals surface area contributed by atoms with Crippen molar-refractivity contribution < 1.29 is 14.6 Å². The van der Waals surface area contributed by atoms with Crippen molar-refractivity contribution in [1.29, 1.82) is 0 Å². The molecule has 100 valence electrons. The molecule has 0 saturated heterocycles. The zero-order chi connectivity index (χ0) is 13.9. The van der Waals surface area contributed by atoms with E-state index in [1.807, 2.05) is 12.1 Å². The average molecular weight is 268 g/mol. The number of carboxylic acids is 1. The molecule has 2 N–H and O–H groups in total. The van der Waals surface area contributed by atoms with Crippen molar-refractivity contribution in [3.8, 4) is 5.75 Å². The van der Waals surface area contributed by atoms with Crippen LogP contribution in [0.25, 0.3) is 10.9 Å². The SMILES string of the molecule is O=C(O)c1cccc2c(COc3cccnc3)c[nH]c12. The van der Waals surface area contributed by atoms with E-state index in [2.05, 4.69) is 9.97 Å². The lowest BCUT2D eigenvalue weighted by Gasteiger charge is -2.04. The van der Waals surface area contributed by atoms with Crippen LogP contribution in [0.2, 0.25) is 0 Å². The molecule has 3 rings (SSSR count). The third kappa shape index (κ3) is 2.21. The van der Waals surface area contributed by atoms with E-state index in [4.69, 9.17) is 9.84 Å². The van der Waals surface area contributed by atoms with Crippen LogP contribution in [0.1, 0.15) is 15.9 Å². The molecular weight excluding hydrogens is 256 g/mol. The van der Waals surface area contributed by atoms with Crippen LogP contribution >= 0.6 is 0 Å². The average Bonchev–Trinajstić information content (AvgIpc) is 2.89. The van der Waals surface area contributed by atoms with Crippen LogP contribution in [0.3, 0.4) is 0 Å². The summed E-state index contributed by atoms with van der Waals surface area (Å²) in [5, 5.41) is 10.00. The summed E-state index contributed by atoms with van der Waals surface area (Å²) in [6, 6.07) is 8.80. The molecular formula is C15H12N2O3. The first-order chi connectivity index (χ1) is 9.75. The third-order valence-electron chi connectivity index (χ3n) is 3.06. The number of aromatic nitrogens is 2. The van der Waals surface area contributed by atoms with Gasteiger partial charge >= 0.3 is 5.97 Å². The molecule has 2 aromatic heterocycles. The molecule has 0 amide bonds. The quantitative estimate of drug-likeness (QED) is 0.763. The van der Waals surface area contributed by atoms with Gasteiger partial charge in [0.25, 0.3) is 0 Å². The highest BCUT2D eigenvalue weighted by molar-refractivity contribution is 6.02. The third-order valence-corrected chi connectivity index (χ3v) is 3.06. The molecule has 0 saturated carbocycles. The normalized spacial score (nSPS) is 10.6. The fourth-order valence-electron chi connectivity index (χ4n) is 2.10. The van der Waals surface area contributed by atoms with Gasteiger partial charge in [0.15, 0.2) is 0 Å². The van der Waals surface area contributed by atoms with E-state index in [0.29, 0.717) is 17.9 Å². The molecule has 20 heavy (non-hydrogen) atoms. The highest BCUT2D eigenvalue weighted by Crippen LogP contribution is 2.23. The fourth-order valence-corrected chi connectivity index (χ4v) is 2.10. The first-order valence-electron chi connectivity index (χ1n) is 6.11. The van der Waals surface area contributed by atoms with Gasteiger partial charge in [-0.15, -0.1) is 0 Å². The van der Waals surface area contributed by atoms with Crippen molar-refractivity contribution in [1.82, 2.24) is 9.97 Å². The van der Waals surface area contributed by atoms with Crippen LogP contribution in [0.15, 0.2) is 48.9 Å². The Morgan fingerprint density at radius 3 is 2.95 bits per heavy atom. The van der Waals surface area contributed by atoms with Crippen molar-refractivity contribution in [3.05, 3.63) is 60.0 Å². The second-order valence-electron chi connectivity index (χ2n) is 4.32. The molecule has 0 aliphatic carbocycles. The number of para-hydroxylation sites is 1. The van der Waals surface area contributed by atoms with Crippen LogP contribution in [0, 0.1) is 0 Å². The summed E-state index contributed by atoms with van der Waals surface area (Å²) in [5.41, 5.74) is 1.78. The number of ether oxygens (including phenoxy) is 1. The molecule has 0 fully saturated rings. The standard InChI is InChI=1S/C15H12N2O3/c18-15(19)13-5-1-4-12-10(7-17-14(12)13)9-20-11-3-2-6-16-8-11/h1-8,17H,9H2,(H,18,19). The lowest BCUT2D eigenvalue weighted by atomic mass is 10.1. The van der Waals surface area contributed by atoms with E-state index in [-0.39, 0.29) is 5.56 Å². The van der Waals surface area contributed by atoms with Crippen molar-refractivity contribution >= 4 is 16.9 Å². The minimum absolute atomic E-state index is 0.259. The lowest BCUT2D eigenvalue weighted by Crippen LogP contribution is -1.97. The maximum Gasteiger partial charge on any atom is 0.337 e. The van der Waals surface area contributed by atoms with Gasteiger partial charge in [-0.25, -0.2) is 4.79 Å². The number of carbonyl (C=O) groups is 1. The second kappa shape index (κ2) is 5.05. The largest absolute Gasteiger partial charge is 0.487 e. The van der Waals surface area contributed by atoms with Crippen molar-refractivity contribution in [2.75, 3.05) is 0 Å². The van der Waals surface area contributed by atoms with E-state index in [9.17, 15) is 4.79 Å². The molecule has 0 aliphatic rings. The molecule has 0 aliphatic heterocycles. The Balaban J connectivity index is 1.90. The molecule has 0 spiro atoms. The number of nitrogens with one attached hydrogen (secondary N) is 1. The van der Waals surface area contributed by atoms with Crippen LogP contribution in [0.5, 0.6) is 5.75 Å². The molecule has 0 bridgehead atoms. The first kappa shape index (κ1) is 12.2. The van der Waals surface area contributed by atoms with Crippen LogP contribution in [-0.4, -0.2) is 21.0 Å². The zero-order valence-corrected chi connectivity index (χ0v) is 10.5. The predicted octanol–water partition coefficient (Wildman–Crippen LogP) is 2.84. The van der Waals surface area contributed by atoms with Gasteiger partial charge in [0.2, 0.25) is 0 Å². The molecule has 0 unspecified atom stereocenters. The molecule has 0 radical (unpaired) electrons. The Morgan fingerprint density at radius 2 is 2.20 bits per heavy atom. The number of carboxylic acid groups (broad SMARTS) is 1. The van der Waals surface area contributed by atoms with Crippen molar-refractivity contribution in [2.45, 2.75) is 6.61 Å². The smallest absolute Gasteiger partial charge is 0.337 e. The predicted molar refractivity (Wildman–Crippen MR) is 73.8 cm³/mol. The van der Waals surface area contributed by atoms with Gasteiger partial charge in [-0.3, -0.25) is 4.98 Å². The molecule has 1 aromatic carbocycles. The van der Waals surface area contributed by atoms with Crippen molar-refractivity contribution in [2.24, 2.45) is 0 Å². The van der Waals surface area contributed by atoms with Gasteiger partial charge in [0.05, 0.1) is 17.3 Å². The van der Waals surface area contributed by atoms with E-state index in [0.717, 1.165) is 10.9 Å². The number of hydrogen-bond acceptors (Lipinski definition) is 3. The summed E-state index contributed by atoms with van der Waals surface area (Å²) in [6.07, 6.45) is 5.09. The summed E-state index contributed by atoms with van der Waals surface area (Å²) >= 11 is 0. The number of benzene rings is 1. The Hall–Kier alpha value is -2.82. The number of aromatic amines is 1. The Bertz CT molecular complexity index is 750. The number of fused-ring (bicyclic) bond motifs is 1. The minimum Gasteiger partial charge on any atom is -0.487 e. The highest BCUT2D eigenvalue weighted by Gasteiger charge is 2.12. The maximum atomic E-state index is 11.1. The van der Waals surface area contributed by atoms with Gasteiger partial charge in [0, 0.05) is 23.3 Å². The highest BCUT2D eigenvalue weighted by atomic mass is 16.5. The van der Waals surface area contributed by atoms with E-state index >= 15 is 0 Å². The van der Waals surface area contributed by atoms with Gasteiger partial charge in [-0.05, 0) is 18.2 Å². The number of nitrogens with zero attached hydrogens (tertiary/aromatic N) is 1. The minimum atomic E-state index is -0.947. The lowest BCUT2D eigenvalue weighted by molar-refractivity contribution is 0.0699. The first-order valence-corrected chi connectivity index (χ1v) is 6.11. The summed E-state index contributed by atoms with van der Waals surface area (Å²) < 4.78 is 5.63. The second-order valence-corrected chi connectivity index (χ2v) is 4.32. The molecule has 5 heteroatoms. The summed E-state index contributed by atoms with van der Waals surface area (Å²) in [7, 11) is 0. The molecule has 3 aromatic rings. The summed E-state index contributed by atoms with van der Waals surface area (Å²) in [6.45, 7) is 0.356. The summed E-state index contributed by atoms with van der Waals surface area (Å²) in [4.78, 5) is 18.1. The number of H-pyrrole nitrogens is 1. The van der Waals surface area contributed by atoms with E-state index < -0.39 is 5.97 Å². The number of aromatic carboxylic acids is 1. The maximum absolute atomic E-state index is 11.1. The number of rotatable bonds is 4. The van der Waals surface area contributed by atoms with Crippen LogP contribution in [0.4, 0.5) is 0 Å².